The highest BCUT2D eigenvalue weighted by molar-refractivity contribution is 9.09. The molecular weight excluding hydrogens is 354 g/mol. The average molecular weight is 376 g/mol. The Bertz CT molecular complexity index is 563. The molecule has 0 bridgehead atoms. The van der Waals surface area contributed by atoms with E-state index in [1.165, 1.54) is 0 Å². The summed E-state index contributed by atoms with van der Waals surface area (Å²) in [5.41, 5.74) is -0.370. The van der Waals surface area contributed by atoms with E-state index in [0.717, 1.165) is 25.7 Å². The van der Waals surface area contributed by atoms with Crippen molar-refractivity contribution in [2.24, 2.45) is 5.92 Å². The molecule has 1 N–H and O–H groups in total. The lowest BCUT2D eigenvalue weighted by Gasteiger charge is -2.38. The van der Waals surface area contributed by atoms with Crippen LogP contribution in [0.4, 0.5) is 0 Å². The maximum absolute atomic E-state index is 12.6. The number of rotatable bonds is 5. The van der Waals surface area contributed by atoms with Crippen molar-refractivity contribution in [3.63, 3.8) is 0 Å². The Morgan fingerprint density at radius 1 is 1.29 bits per heavy atom. The molecule has 6 heteroatoms. The van der Waals surface area contributed by atoms with Crippen LogP contribution in [-0.2, 0) is 10.0 Å². The fourth-order valence-electron chi connectivity index (χ4n) is 2.68. The number of benzene rings is 1. The van der Waals surface area contributed by atoms with E-state index in [1.54, 1.807) is 31.4 Å². The Labute approximate surface area is 135 Å². The molecule has 0 unspecified atom stereocenters. The Balaban J connectivity index is 2.18. The molecule has 0 heterocycles. The summed E-state index contributed by atoms with van der Waals surface area (Å²) in [4.78, 5) is 0.280. The minimum atomic E-state index is -3.51. The van der Waals surface area contributed by atoms with Crippen LogP contribution < -0.4 is 9.46 Å². The van der Waals surface area contributed by atoms with Crippen molar-refractivity contribution in [1.82, 2.24) is 4.72 Å². The number of nitrogens with one attached hydrogen (secondary N) is 1. The van der Waals surface area contributed by atoms with Crippen LogP contribution in [0.15, 0.2) is 29.2 Å². The molecule has 0 radical (unpaired) electrons. The van der Waals surface area contributed by atoms with Crippen LogP contribution in [0.25, 0.3) is 0 Å². The zero-order chi connectivity index (χ0) is 15.5. The van der Waals surface area contributed by atoms with Crippen molar-refractivity contribution < 1.29 is 13.2 Å². The second-order valence-corrected chi connectivity index (χ2v) is 8.12. The molecule has 1 fully saturated rings. The van der Waals surface area contributed by atoms with Crippen LogP contribution in [0.1, 0.15) is 32.6 Å². The van der Waals surface area contributed by atoms with Gasteiger partial charge in [0.2, 0.25) is 10.0 Å². The molecule has 1 aromatic carbocycles. The molecular formula is C15H22BrNO3S. The predicted molar refractivity (Wildman–Crippen MR) is 87.5 cm³/mol. The van der Waals surface area contributed by atoms with Crippen molar-refractivity contribution in [3.8, 4) is 5.75 Å². The van der Waals surface area contributed by atoms with E-state index in [9.17, 15) is 8.42 Å². The highest BCUT2D eigenvalue weighted by atomic mass is 79.9. The molecule has 0 atom stereocenters. The van der Waals surface area contributed by atoms with Crippen LogP contribution in [0.2, 0.25) is 0 Å². The van der Waals surface area contributed by atoms with Gasteiger partial charge in [-0.3, -0.25) is 0 Å². The SMILES string of the molecule is COc1ccc(S(=O)(=O)NC2(CBr)CCC(C)CC2)cc1. The maximum atomic E-state index is 12.6. The monoisotopic (exact) mass is 375 g/mol. The fraction of sp³-hybridized carbons (Fsp3) is 0.600. The number of hydrogen-bond donors (Lipinski definition) is 1. The molecule has 0 saturated heterocycles. The molecule has 0 aliphatic heterocycles. The van der Waals surface area contributed by atoms with Gasteiger partial charge in [0.15, 0.2) is 0 Å². The van der Waals surface area contributed by atoms with Gasteiger partial charge in [-0.05, 0) is 55.9 Å². The first kappa shape index (κ1) is 16.8. The molecule has 1 aromatic rings. The van der Waals surface area contributed by atoms with Crippen LogP contribution in [0, 0.1) is 5.92 Å². The minimum Gasteiger partial charge on any atom is -0.497 e. The molecule has 2 rings (SSSR count). The molecule has 4 nitrogen and oxygen atoms in total. The zero-order valence-corrected chi connectivity index (χ0v) is 14.8. The van der Waals surface area contributed by atoms with Gasteiger partial charge in [-0.15, -0.1) is 0 Å². The lowest BCUT2D eigenvalue weighted by Crippen LogP contribution is -2.51. The Hall–Kier alpha value is -0.590. The number of halogens is 1. The summed E-state index contributed by atoms with van der Waals surface area (Å²) in [5.74, 6) is 1.32. The van der Waals surface area contributed by atoms with Crippen molar-refractivity contribution in [3.05, 3.63) is 24.3 Å². The molecule has 0 amide bonds. The third kappa shape index (κ3) is 3.99. The largest absolute Gasteiger partial charge is 0.497 e. The smallest absolute Gasteiger partial charge is 0.241 e. The van der Waals surface area contributed by atoms with Gasteiger partial charge in [-0.25, -0.2) is 13.1 Å². The summed E-state index contributed by atoms with van der Waals surface area (Å²) in [7, 11) is -1.95. The molecule has 21 heavy (non-hydrogen) atoms. The first-order chi connectivity index (χ1) is 9.91. The van der Waals surface area contributed by atoms with E-state index in [4.69, 9.17) is 4.74 Å². The number of sulfonamides is 1. The van der Waals surface area contributed by atoms with E-state index < -0.39 is 10.0 Å². The Morgan fingerprint density at radius 2 is 1.86 bits per heavy atom. The third-order valence-corrected chi connectivity index (χ3v) is 6.88. The minimum absolute atomic E-state index is 0.280. The van der Waals surface area contributed by atoms with Gasteiger partial charge in [0, 0.05) is 10.9 Å². The summed E-state index contributed by atoms with van der Waals surface area (Å²) < 4.78 is 33.1. The van der Waals surface area contributed by atoms with Gasteiger partial charge in [0.05, 0.1) is 12.0 Å². The second-order valence-electron chi connectivity index (χ2n) is 5.88. The van der Waals surface area contributed by atoms with Crippen molar-refractivity contribution in [2.75, 3.05) is 12.4 Å². The first-order valence-corrected chi connectivity index (χ1v) is 9.75. The van der Waals surface area contributed by atoms with Crippen LogP contribution in [0.5, 0.6) is 5.75 Å². The van der Waals surface area contributed by atoms with Crippen LogP contribution >= 0.6 is 15.9 Å². The predicted octanol–water partition coefficient (Wildman–Crippen LogP) is 3.32. The highest BCUT2D eigenvalue weighted by Crippen LogP contribution is 2.34. The van der Waals surface area contributed by atoms with E-state index >= 15 is 0 Å². The van der Waals surface area contributed by atoms with Crippen LogP contribution in [-0.4, -0.2) is 26.4 Å². The lowest BCUT2D eigenvalue weighted by molar-refractivity contribution is 0.250. The summed E-state index contributed by atoms with van der Waals surface area (Å²) in [6.45, 7) is 2.22. The highest BCUT2D eigenvalue weighted by Gasteiger charge is 2.37. The second kappa shape index (κ2) is 6.67. The summed E-state index contributed by atoms with van der Waals surface area (Å²) in [5, 5.41) is 0.641. The summed E-state index contributed by atoms with van der Waals surface area (Å²) in [6.07, 6.45) is 3.84. The van der Waals surface area contributed by atoms with Gasteiger partial charge >= 0.3 is 0 Å². The van der Waals surface area contributed by atoms with E-state index in [2.05, 4.69) is 27.6 Å². The van der Waals surface area contributed by atoms with E-state index in [-0.39, 0.29) is 10.4 Å². The standard InChI is InChI=1S/C15H22BrNO3S/c1-12-7-9-15(11-16,10-8-12)17-21(18,19)14-5-3-13(20-2)4-6-14/h3-6,12,17H,7-11H2,1-2H3. The van der Waals surface area contributed by atoms with Crippen LogP contribution in [0.3, 0.4) is 0 Å². The van der Waals surface area contributed by atoms with Crippen molar-refractivity contribution in [1.29, 1.82) is 0 Å². The topological polar surface area (TPSA) is 55.4 Å². The Kier molecular flexibility index (Phi) is 5.33. The van der Waals surface area contributed by atoms with Gasteiger partial charge in [0.25, 0.3) is 0 Å². The summed E-state index contributed by atoms with van der Waals surface area (Å²) in [6, 6.07) is 6.49. The molecule has 118 valence electrons. The number of alkyl halides is 1. The fourth-order valence-corrected chi connectivity index (χ4v) is 5.02. The number of methoxy groups -OCH3 is 1. The number of hydrogen-bond acceptors (Lipinski definition) is 3. The molecule has 1 aliphatic carbocycles. The van der Waals surface area contributed by atoms with Gasteiger partial charge in [0.1, 0.15) is 5.75 Å². The first-order valence-electron chi connectivity index (χ1n) is 7.15. The molecule has 0 aromatic heterocycles. The average Bonchev–Trinajstić information content (AvgIpc) is 2.50. The third-order valence-electron chi connectivity index (χ3n) is 4.21. The molecule has 1 aliphatic rings. The van der Waals surface area contributed by atoms with Gasteiger partial charge in [-0.2, -0.15) is 0 Å². The van der Waals surface area contributed by atoms with Gasteiger partial charge < -0.3 is 4.74 Å². The zero-order valence-electron chi connectivity index (χ0n) is 12.4. The quantitative estimate of drug-likeness (QED) is 0.803. The Morgan fingerprint density at radius 3 is 2.33 bits per heavy atom. The summed E-state index contributed by atoms with van der Waals surface area (Å²) >= 11 is 3.49. The van der Waals surface area contributed by atoms with E-state index in [1.807, 2.05) is 0 Å². The number of ether oxygens (including phenoxy) is 1. The molecule has 1 saturated carbocycles. The maximum Gasteiger partial charge on any atom is 0.241 e. The molecule has 0 spiro atoms. The van der Waals surface area contributed by atoms with Crippen molar-refractivity contribution >= 4 is 26.0 Å². The lowest BCUT2D eigenvalue weighted by atomic mass is 9.79. The van der Waals surface area contributed by atoms with Crippen molar-refractivity contribution in [2.45, 2.75) is 43.0 Å². The van der Waals surface area contributed by atoms with E-state index in [0.29, 0.717) is 17.0 Å². The normalized spacial score (nSPS) is 26.5. The van der Waals surface area contributed by atoms with Gasteiger partial charge in [-0.1, -0.05) is 22.9 Å².